The predicted octanol–water partition coefficient (Wildman–Crippen LogP) is 0.820. The minimum Gasteiger partial charge on any atom is -0.477 e. The molecule has 3 rings (SSSR count). The van der Waals surface area contributed by atoms with Crippen molar-refractivity contribution in [3.63, 3.8) is 0 Å². The molecule has 1 fully saturated rings. The standard InChI is InChI=1S/C19H24N4O4/c1-2-3-16(20)17(24)21-12-6-8-22(11-12)13-7-9-23-14(10-13)4-5-15(18(23)25)19(26)27/h4-5,7,9-10,12,16H,2-3,6,8,11,20H2,1H3,(H,21,24)(H,26,27)/t12?,16-/m0/s1. The van der Waals surface area contributed by atoms with E-state index in [1.165, 1.54) is 10.5 Å². The van der Waals surface area contributed by atoms with E-state index in [9.17, 15) is 14.4 Å². The summed E-state index contributed by atoms with van der Waals surface area (Å²) in [7, 11) is 0. The number of anilines is 1. The lowest BCUT2D eigenvalue weighted by Gasteiger charge is -2.20. The summed E-state index contributed by atoms with van der Waals surface area (Å²) >= 11 is 0. The Labute approximate surface area is 156 Å². The quantitative estimate of drug-likeness (QED) is 0.691. The second-order valence-electron chi connectivity index (χ2n) is 6.87. The van der Waals surface area contributed by atoms with Crippen LogP contribution in [0.4, 0.5) is 5.69 Å². The topological polar surface area (TPSA) is 117 Å². The fourth-order valence-electron chi connectivity index (χ4n) is 3.41. The number of rotatable bonds is 6. The number of carboxylic acids is 1. The molecule has 1 aliphatic rings. The zero-order valence-electron chi connectivity index (χ0n) is 15.2. The second-order valence-corrected chi connectivity index (χ2v) is 6.87. The number of pyridine rings is 2. The molecular formula is C19H24N4O4. The van der Waals surface area contributed by atoms with E-state index in [0.717, 1.165) is 25.1 Å². The number of carboxylic acid groups (broad SMARTS) is 1. The SMILES string of the molecule is CCC[C@H](N)C(=O)NC1CCN(c2ccn3c(=O)c(C(=O)O)ccc3c2)C1. The molecule has 1 saturated heterocycles. The van der Waals surface area contributed by atoms with E-state index in [1.807, 2.05) is 13.0 Å². The zero-order chi connectivity index (χ0) is 19.6. The molecule has 2 aromatic rings. The van der Waals surface area contributed by atoms with E-state index in [-0.39, 0.29) is 17.5 Å². The molecule has 27 heavy (non-hydrogen) atoms. The monoisotopic (exact) mass is 372 g/mol. The van der Waals surface area contributed by atoms with Crippen LogP contribution >= 0.6 is 0 Å². The molecule has 1 unspecified atom stereocenters. The zero-order valence-corrected chi connectivity index (χ0v) is 15.2. The normalized spacial score (nSPS) is 17.9. The third-order valence-electron chi connectivity index (χ3n) is 4.90. The van der Waals surface area contributed by atoms with E-state index in [2.05, 4.69) is 10.2 Å². The number of nitrogens with one attached hydrogen (secondary N) is 1. The Hall–Kier alpha value is -2.87. The highest BCUT2D eigenvalue weighted by Crippen LogP contribution is 2.22. The van der Waals surface area contributed by atoms with Crippen LogP contribution in [0.5, 0.6) is 0 Å². The minimum atomic E-state index is -1.24. The summed E-state index contributed by atoms with van der Waals surface area (Å²) in [6.45, 7) is 3.44. The van der Waals surface area contributed by atoms with E-state index in [0.29, 0.717) is 18.5 Å². The highest BCUT2D eigenvalue weighted by Gasteiger charge is 2.26. The first-order valence-corrected chi connectivity index (χ1v) is 9.10. The number of hydrogen-bond acceptors (Lipinski definition) is 5. The number of carbonyl (C=O) groups is 2. The van der Waals surface area contributed by atoms with Crippen molar-refractivity contribution in [2.24, 2.45) is 5.73 Å². The van der Waals surface area contributed by atoms with Crippen LogP contribution in [0.15, 0.2) is 35.3 Å². The average Bonchev–Trinajstić information content (AvgIpc) is 3.10. The minimum absolute atomic E-state index is 0.0354. The van der Waals surface area contributed by atoms with Gasteiger partial charge in [0, 0.05) is 31.0 Å². The van der Waals surface area contributed by atoms with Crippen molar-refractivity contribution < 1.29 is 14.7 Å². The summed E-state index contributed by atoms with van der Waals surface area (Å²) in [5, 5.41) is 12.1. The molecule has 0 saturated carbocycles. The lowest BCUT2D eigenvalue weighted by molar-refractivity contribution is -0.123. The van der Waals surface area contributed by atoms with Gasteiger partial charge in [0.2, 0.25) is 5.91 Å². The van der Waals surface area contributed by atoms with Gasteiger partial charge in [-0.05, 0) is 37.1 Å². The second kappa shape index (κ2) is 7.79. The Morgan fingerprint density at radius 1 is 1.37 bits per heavy atom. The van der Waals surface area contributed by atoms with Crippen LogP contribution in [0.1, 0.15) is 36.5 Å². The van der Waals surface area contributed by atoms with E-state index in [1.54, 1.807) is 18.3 Å². The van der Waals surface area contributed by atoms with Gasteiger partial charge in [0.15, 0.2) is 0 Å². The summed E-state index contributed by atoms with van der Waals surface area (Å²) in [5.41, 5.74) is 6.60. The molecule has 144 valence electrons. The third-order valence-corrected chi connectivity index (χ3v) is 4.90. The van der Waals surface area contributed by atoms with E-state index < -0.39 is 17.6 Å². The van der Waals surface area contributed by atoms with Crippen LogP contribution in [-0.2, 0) is 4.79 Å². The van der Waals surface area contributed by atoms with Gasteiger partial charge < -0.3 is 21.1 Å². The number of nitrogens with zero attached hydrogens (tertiary/aromatic N) is 2. The number of aromatic carboxylic acids is 1. The Morgan fingerprint density at radius 3 is 2.85 bits per heavy atom. The van der Waals surface area contributed by atoms with Crippen molar-refractivity contribution in [3.8, 4) is 0 Å². The van der Waals surface area contributed by atoms with Gasteiger partial charge >= 0.3 is 5.97 Å². The number of nitrogens with two attached hydrogens (primary N) is 1. The van der Waals surface area contributed by atoms with Gasteiger partial charge in [-0.1, -0.05) is 13.3 Å². The predicted molar refractivity (Wildman–Crippen MR) is 102 cm³/mol. The summed E-state index contributed by atoms with van der Waals surface area (Å²) in [6, 6.07) is 6.14. The smallest absolute Gasteiger partial charge is 0.341 e. The molecule has 0 aliphatic carbocycles. The molecule has 0 aromatic carbocycles. The molecule has 3 heterocycles. The molecule has 2 atom stereocenters. The Bertz CT molecular complexity index is 924. The number of fused-ring (bicyclic) bond motifs is 1. The van der Waals surface area contributed by atoms with Gasteiger partial charge in [0.05, 0.1) is 11.6 Å². The molecule has 8 heteroatoms. The molecule has 0 radical (unpaired) electrons. The lowest BCUT2D eigenvalue weighted by atomic mass is 10.1. The summed E-state index contributed by atoms with van der Waals surface area (Å²) < 4.78 is 1.33. The third kappa shape index (κ3) is 3.95. The van der Waals surface area contributed by atoms with Gasteiger partial charge in [-0.25, -0.2) is 4.79 Å². The maximum Gasteiger partial charge on any atom is 0.341 e. The number of carbonyl (C=O) groups excluding carboxylic acids is 1. The van der Waals surface area contributed by atoms with Gasteiger partial charge in [-0.15, -0.1) is 0 Å². The first-order valence-electron chi connectivity index (χ1n) is 9.10. The van der Waals surface area contributed by atoms with Crippen LogP contribution in [0.3, 0.4) is 0 Å². The van der Waals surface area contributed by atoms with Crippen LogP contribution in [-0.4, -0.2) is 46.6 Å². The number of hydrogen-bond donors (Lipinski definition) is 3. The van der Waals surface area contributed by atoms with Crippen molar-refractivity contribution in [3.05, 3.63) is 46.4 Å². The van der Waals surface area contributed by atoms with Crippen molar-refractivity contribution in [1.29, 1.82) is 0 Å². The largest absolute Gasteiger partial charge is 0.477 e. The molecule has 1 amide bonds. The molecule has 8 nitrogen and oxygen atoms in total. The van der Waals surface area contributed by atoms with Crippen LogP contribution in [0.25, 0.3) is 5.52 Å². The highest BCUT2D eigenvalue weighted by molar-refractivity contribution is 5.87. The summed E-state index contributed by atoms with van der Waals surface area (Å²) in [4.78, 5) is 37.5. The van der Waals surface area contributed by atoms with E-state index >= 15 is 0 Å². The van der Waals surface area contributed by atoms with Gasteiger partial charge in [0.25, 0.3) is 5.56 Å². The maximum absolute atomic E-state index is 12.2. The van der Waals surface area contributed by atoms with Crippen molar-refractivity contribution >= 4 is 23.1 Å². The number of amides is 1. The van der Waals surface area contributed by atoms with E-state index in [4.69, 9.17) is 10.8 Å². The lowest BCUT2D eigenvalue weighted by Crippen LogP contribution is -2.46. The van der Waals surface area contributed by atoms with Gasteiger partial charge in [-0.3, -0.25) is 14.0 Å². The fraction of sp³-hybridized carbons (Fsp3) is 0.421. The van der Waals surface area contributed by atoms with Crippen LogP contribution in [0.2, 0.25) is 0 Å². The number of aromatic nitrogens is 1. The molecule has 1 aliphatic heterocycles. The summed E-state index contributed by atoms with van der Waals surface area (Å²) in [5.74, 6) is -1.35. The maximum atomic E-state index is 12.2. The van der Waals surface area contributed by atoms with Gasteiger partial charge in [-0.2, -0.15) is 0 Å². The Balaban J connectivity index is 1.73. The molecule has 0 bridgehead atoms. The first kappa shape index (κ1) is 18.9. The molecule has 4 N–H and O–H groups in total. The molecule has 2 aromatic heterocycles. The van der Waals surface area contributed by atoms with Crippen molar-refractivity contribution in [1.82, 2.24) is 9.72 Å². The average molecular weight is 372 g/mol. The van der Waals surface area contributed by atoms with Crippen molar-refractivity contribution in [2.75, 3.05) is 18.0 Å². The molecular weight excluding hydrogens is 348 g/mol. The highest BCUT2D eigenvalue weighted by atomic mass is 16.4. The Kier molecular flexibility index (Phi) is 5.46. The van der Waals surface area contributed by atoms with Crippen molar-refractivity contribution in [2.45, 2.75) is 38.3 Å². The van der Waals surface area contributed by atoms with Crippen LogP contribution in [0, 0.1) is 0 Å². The first-order chi connectivity index (χ1) is 12.9. The summed E-state index contributed by atoms with van der Waals surface area (Å²) in [6.07, 6.45) is 3.94. The Morgan fingerprint density at radius 2 is 2.15 bits per heavy atom. The fourth-order valence-corrected chi connectivity index (χ4v) is 3.41. The molecule has 0 spiro atoms. The van der Waals surface area contributed by atoms with Crippen LogP contribution < -0.4 is 21.5 Å². The van der Waals surface area contributed by atoms with Gasteiger partial charge in [0.1, 0.15) is 5.56 Å².